The minimum Gasteiger partial charge on any atom is -0.480 e. The van der Waals surface area contributed by atoms with Gasteiger partial charge in [-0.1, -0.05) is 0 Å². The quantitative estimate of drug-likeness (QED) is 0.0292. The van der Waals surface area contributed by atoms with Crippen molar-refractivity contribution in [1.29, 1.82) is 0 Å². The maximum Gasteiger partial charge on any atom is 0.326 e. The molecule has 0 aliphatic rings. The molecule has 4 unspecified atom stereocenters. The number of nitrogens with two attached hydrogens (primary N) is 8. The Morgan fingerprint density at radius 3 is 1.35 bits per heavy atom. The van der Waals surface area contributed by atoms with E-state index in [1.165, 1.54) is 0 Å². The van der Waals surface area contributed by atoms with Gasteiger partial charge >= 0.3 is 5.97 Å². The van der Waals surface area contributed by atoms with E-state index in [9.17, 15) is 24.3 Å². The van der Waals surface area contributed by atoms with E-state index in [-0.39, 0.29) is 76.0 Å². The van der Waals surface area contributed by atoms with Crippen LogP contribution in [0, 0.1) is 0 Å². The second kappa shape index (κ2) is 22.2. The van der Waals surface area contributed by atoms with Gasteiger partial charge in [0.05, 0.1) is 6.04 Å². The highest BCUT2D eigenvalue weighted by Crippen LogP contribution is 2.07. The fourth-order valence-corrected chi connectivity index (χ4v) is 3.77. The summed E-state index contributed by atoms with van der Waals surface area (Å²) in [6.45, 7) is 0.990. The zero-order valence-electron chi connectivity index (χ0n) is 24.5. The number of nitrogens with zero attached hydrogens (tertiary/aromatic N) is 3. The smallest absolute Gasteiger partial charge is 0.326 e. The maximum absolute atomic E-state index is 13.3. The molecule has 0 aromatic rings. The van der Waals surface area contributed by atoms with Crippen molar-refractivity contribution in [3.63, 3.8) is 0 Å². The van der Waals surface area contributed by atoms with Crippen molar-refractivity contribution < 1.29 is 24.3 Å². The van der Waals surface area contributed by atoms with Crippen molar-refractivity contribution >= 4 is 41.6 Å². The Morgan fingerprint density at radius 1 is 0.558 bits per heavy atom. The summed E-state index contributed by atoms with van der Waals surface area (Å²) in [4.78, 5) is 62.6. The molecule has 19 heteroatoms. The number of carboxylic acid groups (broad SMARTS) is 1. The van der Waals surface area contributed by atoms with Gasteiger partial charge in [0.15, 0.2) is 17.9 Å². The van der Waals surface area contributed by atoms with E-state index in [1.54, 1.807) is 0 Å². The molecule has 0 aromatic carbocycles. The average Bonchev–Trinajstić information content (AvgIpc) is 2.92. The van der Waals surface area contributed by atoms with Crippen LogP contribution in [0.3, 0.4) is 0 Å². The Balaban J connectivity index is 5.64. The van der Waals surface area contributed by atoms with Crippen LogP contribution in [-0.4, -0.2) is 97.0 Å². The molecule has 19 nitrogen and oxygen atoms in total. The van der Waals surface area contributed by atoms with Crippen molar-refractivity contribution in [2.24, 2.45) is 60.8 Å². The average molecular weight is 615 g/mol. The number of aliphatic carboxylic acids is 1. The number of nitrogens with one attached hydrogen (secondary N) is 3. The summed E-state index contributed by atoms with van der Waals surface area (Å²) in [7, 11) is 0. The number of hydrogen-bond donors (Lipinski definition) is 12. The fourth-order valence-electron chi connectivity index (χ4n) is 3.77. The topological polar surface area (TPSA) is 370 Å². The first-order chi connectivity index (χ1) is 20.3. The molecule has 246 valence electrons. The van der Waals surface area contributed by atoms with E-state index >= 15 is 0 Å². The van der Waals surface area contributed by atoms with E-state index in [4.69, 9.17) is 45.9 Å². The first-order valence-electron chi connectivity index (χ1n) is 14.0. The Labute approximate surface area is 251 Å². The van der Waals surface area contributed by atoms with Crippen LogP contribution >= 0.6 is 0 Å². The fraction of sp³-hybridized carbons (Fsp3) is 0.708. The first kappa shape index (κ1) is 38.6. The molecule has 0 saturated heterocycles. The van der Waals surface area contributed by atoms with Gasteiger partial charge in [0.1, 0.15) is 18.1 Å². The number of carbonyl (C=O) groups excluding carboxylic acids is 3. The second-order valence-electron chi connectivity index (χ2n) is 9.76. The SMILES string of the molecule is NCCCCC(NC(=O)C(N)CCCN=C(N)N)C(=O)NC(CCCN=C(N)N)C(=O)NC(CCCN=C(N)N)C(=O)O. The molecule has 0 fully saturated rings. The van der Waals surface area contributed by atoms with Crippen LogP contribution < -0.4 is 61.8 Å². The van der Waals surface area contributed by atoms with E-state index < -0.39 is 47.9 Å². The highest BCUT2D eigenvalue weighted by molar-refractivity contribution is 5.94. The van der Waals surface area contributed by atoms with E-state index in [1.807, 2.05) is 0 Å². The lowest BCUT2D eigenvalue weighted by molar-refractivity contribution is -0.142. The van der Waals surface area contributed by atoms with Crippen molar-refractivity contribution in [3.05, 3.63) is 0 Å². The van der Waals surface area contributed by atoms with Crippen LogP contribution in [-0.2, 0) is 19.2 Å². The summed E-state index contributed by atoms with van der Waals surface area (Å²) in [5.41, 5.74) is 43.4. The Hall–Kier alpha value is -4.39. The van der Waals surface area contributed by atoms with E-state index in [2.05, 4.69) is 30.9 Å². The lowest BCUT2D eigenvalue weighted by Crippen LogP contribution is -2.57. The minimum atomic E-state index is -1.27. The molecule has 20 N–H and O–H groups in total. The summed E-state index contributed by atoms with van der Waals surface area (Å²) < 4.78 is 0. The van der Waals surface area contributed by atoms with Crippen LogP contribution in [0.25, 0.3) is 0 Å². The van der Waals surface area contributed by atoms with Gasteiger partial charge in [-0.2, -0.15) is 0 Å². The van der Waals surface area contributed by atoms with E-state index in [0.29, 0.717) is 25.8 Å². The van der Waals surface area contributed by atoms with Crippen LogP contribution in [0.4, 0.5) is 0 Å². The Kier molecular flexibility index (Phi) is 20.0. The Bertz CT molecular complexity index is 962. The molecular formula is C24H50N14O5. The first-order valence-corrected chi connectivity index (χ1v) is 14.0. The molecule has 0 radical (unpaired) electrons. The molecule has 0 bridgehead atoms. The molecule has 4 atom stereocenters. The lowest BCUT2D eigenvalue weighted by Gasteiger charge is -2.25. The molecule has 0 aromatic heterocycles. The number of aliphatic imine (C=N–C) groups is 3. The highest BCUT2D eigenvalue weighted by atomic mass is 16.4. The van der Waals surface area contributed by atoms with E-state index in [0.717, 1.165) is 0 Å². The van der Waals surface area contributed by atoms with Gasteiger partial charge in [-0.05, 0) is 64.3 Å². The summed E-state index contributed by atoms with van der Waals surface area (Å²) in [6, 6.07) is -4.40. The minimum absolute atomic E-state index is 0.0331. The third kappa shape index (κ3) is 19.4. The molecular weight excluding hydrogens is 564 g/mol. The van der Waals surface area contributed by atoms with Crippen LogP contribution in [0.5, 0.6) is 0 Å². The highest BCUT2D eigenvalue weighted by Gasteiger charge is 2.30. The largest absolute Gasteiger partial charge is 0.480 e. The van der Waals surface area contributed by atoms with Crippen molar-refractivity contribution in [1.82, 2.24) is 16.0 Å². The van der Waals surface area contributed by atoms with Crippen molar-refractivity contribution in [3.8, 4) is 0 Å². The van der Waals surface area contributed by atoms with Crippen LogP contribution in [0.15, 0.2) is 15.0 Å². The van der Waals surface area contributed by atoms with Gasteiger partial charge in [0.2, 0.25) is 17.7 Å². The van der Waals surface area contributed by atoms with Crippen molar-refractivity contribution in [2.75, 3.05) is 26.2 Å². The molecule has 3 amide bonds. The predicted molar refractivity (Wildman–Crippen MR) is 164 cm³/mol. The molecule has 0 saturated carbocycles. The summed E-state index contributed by atoms with van der Waals surface area (Å²) >= 11 is 0. The summed E-state index contributed by atoms with van der Waals surface area (Å²) in [5, 5.41) is 17.3. The van der Waals surface area contributed by atoms with Crippen LogP contribution in [0.1, 0.15) is 57.8 Å². The standard InChI is InChI=1S/C24H50N14O5/c25-10-2-1-7-15(36-18(39)14(26)6-3-11-33-22(27)28)19(40)37-16(8-4-12-34-23(29)30)20(41)38-17(21(42)43)9-5-13-35-24(31)32/h14-17H,1-13,25-26H2,(H,36,39)(H,37,40)(H,38,41)(H,42,43)(H4,27,28,33)(H4,29,30,34)(H4,31,32,35). The third-order valence-electron chi connectivity index (χ3n) is 6.02. The summed E-state index contributed by atoms with van der Waals surface area (Å²) in [5.74, 6) is -3.60. The number of carboxylic acids is 1. The molecule has 43 heavy (non-hydrogen) atoms. The predicted octanol–water partition coefficient (Wildman–Crippen LogP) is -4.86. The number of rotatable bonds is 23. The number of amides is 3. The number of unbranched alkanes of at least 4 members (excludes halogenated alkanes) is 1. The van der Waals surface area contributed by atoms with Gasteiger partial charge in [0, 0.05) is 19.6 Å². The molecule has 0 aliphatic carbocycles. The number of carbonyl (C=O) groups is 4. The monoisotopic (exact) mass is 614 g/mol. The lowest BCUT2D eigenvalue weighted by atomic mass is 10.0. The van der Waals surface area contributed by atoms with Gasteiger partial charge in [-0.25, -0.2) is 4.79 Å². The molecule has 0 spiro atoms. The summed E-state index contributed by atoms with van der Waals surface area (Å²) in [6.07, 6.45) is 2.68. The van der Waals surface area contributed by atoms with Crippen LogP contribution in [0.2, 0.25) is 0 Å². The number of hydrogen-bond acceptors (Lipinski definition) is 9. The van der Waals surface area contributed by atoms with Gasteiger partial charge in [0.25, 0.3) is 0 Å². The van der Waals surface area contributed by atoms with Gasteiger partial charge < -0.3 is 66.9 Å². The van der Waals surface area contributed by atoms with Gasteiger partial charge in [-0.3, -0.25) is 29.4 Å². The zero-order valence-corrected chi connectivity index (χ0v) is 24.5. The second-order valence-corrected chi connectivity index (χ2v) is 9.76. The maximum atomic E-state index is 13.3. The third-order valence-corrected chi connectivity index (χ3v) is 6.02. The molecule has 0 rings (SSSR count). The zero-order chi connectivity index (χ0) is 32.8. The normalized spacial score (nSPS) is 13.3. The molecule has 0 heterocycles. The van der Waals surface area contributed by atoms with Gasteiger partial charge in [-0.15, -0.1) is 0 Å². The number of guanidine groups is 3. The Morgan fingerprint density at radius 2 is 0.930 bits per heavy atom. The van der Waals surface area contributed by atoms with Crippen molar-refractivity contribution in [2.45, 2.75) is 82.0 Å². The molecule has 0 aliphatic heterocycles.